The van der Waals surface area contributed by atoms with Crippen LogP contribution in [0.1, 0.15) is 32.4 Å². The number of para-hydroxylation sites is 2. The molecule has 0 atom stereocenters. The first kappa shape index (κ1) is 17.7. The number of furan rings is 1. The zero-order valence-corrected chi connectivity index (χ0v) is 18.3. The van der Waals surface area contributed by atoms with Crippen LogP contribution in [0, 0.1) is 6.92 Å². The van der Waals surface area contributed by atoms with Gasteiger partial charge in [-0.3, -0.25) is 9.55 Å². The molecule has 3 aromatic heterocycles. The molecule has 0 aliphatic rings. The minimum absolute atomic E-state index is 0.693. The lowest BCUT2D eigenvalue weighted by molar-refractivity contribution is 0.667. The van der Waals surface area contributed by atoms with Gasteiger partial charge >= 0.3 is 0 Å². The van der Waals surface area contributed by atoms with Crippen molar-refractivity contribution >= 4 is 33.0 Å². The van der Waals surface area contributed by atoms with E-state index in [2.05, 4.69) is 45.9 Å². The topological polar surface area (TPSA) is 43.9 Å². The maximum atomic E-state index is 8.40. The van der Waals surface area contributed by atoms with Crippen LogP contribution in [0.3, 0.4) is 0 Å². The normalized spacial score (nSPS) is 12.7. The van der Waals surface area contributed by atoms with Gasteiger partial charge in [-0.25, -0.2) is 4.98 Å². The van der Waals surface area contributed by atoms with Gasteiger partial charge in [0.2, 0.25) is 0 Å². The van der Waals surface area contributed by atoms with Crippen LogP contribution in [-0.2, 0) is 0 Å². The predicted molar refractivity (Wildman–Crippen MR) is 130 cm³/mol. The quantitative estimate of drug-likeness (QED) is 0.300. The number of nitrogens with zero attached hydrogens (tertiary/aromatic N) is 3. The van der Waals surface area contributed by atoms with Crippen LogP contribution in [0.2, 0.25) is 0 Å². The van der Waals surface area contributed by atoms with E-state index in [0.717, 1.165) is 61.3 Å². The van der Waals surface area contributed by atoms with Crippen LogP contribution >= 0.6 is 0 Å². The monoisotopic (exact) mass is 418 g/mol. The Bertz CT molecular complexity index is 1660. The molecule has 0 fully saturated rings. The Morgan fingerprint density at radius 2 is 1.78 bits per heavy atom. The third-order valence-electron chi connectivity index (χ3n) is 6.09. The van der Waals surface area contributed by atoms with Crippen molar-refractivity contribution in [3.8, 4) is 17.1 Å². The molecule has 6 aromatic rings. The Morgan fingerprint density at radius 3 is 2.59 bits per heavy atom. The number of hydrogen-bond donors (Lipinski definition) is 0. The fourth-order valence-electron chi connectivity index (χ4n) is 4.44. The molecule has 0 aliphatic heterocycles. The second-order valence-electron chi connectivity index (χ2n) is 8.37. The van der Waals surface area contributed by atoms with E-state index in [1.807, 2.05) is 63.4 Å². The molecular weight excluding hydrogens is 394 g/mol. The predicted octanol–water partition coefficient (Wildman–Crippen LogP) is 7.42. The van der Waals surface area contributed by atoms with Gasteiger partial charge in [-0.15, -0.1) is 0 Å². The molecule has 3 aromatic carbocycles. The lowest BCUT2D eigenvalue weighted by Gasteiger charge is -2.09. The summed E-state index contributed by atoms with van der Waals surface area (Å²) >= 11 is 0. The first-order valence-corrected chi connectivity index (χ1v) is 10.8. The number of aryl methyl sites for hydroxylation is 1. The summed E-state index contributed by atoms with van der Waals surface area (Å²) < 4.78 is 17.0. The third kappa shape index (κ3) is 2.76. The molecule has 3 heterocycles. The van der Waals surface area contributed by atoms with Gasteiger partial charge in [0.05, 0.1) is 16.8 Å². The van der Waals surface area contributed by atoms with Crippen LogP contribution in [0.4, 0.5) is 0 Å². The highest BCUT2D eigenvalue weighted by atomic mass is 16.3. The Kier molecular flexibility index (Phi) is 3.91. The van der Waals surface area contributed by atoms with Gasteiger partial charge in [-0.05, 0) is 48.7 Å². The number of hydrogen-bond acceptors (Lipinski definition) is 3. The smallest absolute Gasteiger partial charge is 0.149 e. The van der Waals surface area contributed by atoms with E-state index < -0.39 is 5.89 Å². The zero-order valence-electron chi connectivity index (χ0n) is 19.3. The van der Waals surface area contributed by atoms with Crippen molar-refractivity contribution in [3.63, 3.8) is 0 Å². The summed E-state index contributed by atoms with van der Waals surface area (Å²) in [7, 11) is 0. The van der Waals surface area contributed by atoms with Gasteiger partial charge in [0, 0.05) is 24.0 Å². The van der Waals surface area contributed by atoms with E-state index >= 15 is 0 Å². The molecule has 0 bridgehead atoms. The summed E-state index contributed by atoms with van der Waals surface area (Å²) in [5, 5.41) is 2.08. The van der Waals surface area contributed by atoms with Gasteiger partial charge in [-0.2, -0.15) is 0 Å². The van der Waals surface area contributed by atoms with E-state index in [-0.39, 0.29) is 0 Å². The Morgan fingerprint density at radius 1 is 0.938 bits per heavy atom. The molecule has 0 aliphatic carbocycles. The average Bonchev–Trinajstić information content (AvgIpc) is 3.38. The number of benzene rings is 3. The van der Waals surface area contributed by atoms with Crippen LogP contribution < -0.4 is 0 Å². The molecule has 4 nitrogen and oxygen atoms in total. The second kappa shape index (κ2) is 7.06. The lowest BCUT2D eigenvalue weighted by Crippen LogP contribution is -1.97. The molecule has 4 heteroatoms. The van der Waals surface area contributed by atoms with Gasteiger partial charge in [0.1, 0.15) is 22.5 Å². The van der Waals surface area contributed by atoms with E-state index in [0.29, 0.717) is 0 Å². The van der Waals surface area contributed by atoms with Crippen molar-refractivity contribution in [2.45, 2.75) is 26.7 Å². The highest BCUT2D eigenvalue weighted by Crippen LogP contribution is 2.38. The minimum atomic E-state index is -0.693. The summed E-state index contributed by atoms with van der Waals surface area (Å²) in [6.45, 7) is 5.77. The van der Waals surface area contributed by atoms with Gasteiger partial charge in [-0.1, -0.05) is 56.3 Å². The SMILES string of the molecule is [2H]C(C)(C)c1ccc2c(c1)oc1c(-c3nc4c(C)nccc4n3-c3ccccc3)cccc12. The Balaban J connectivity index is 1.69. The maximum absolute atomic E-state index is 8.40. The van der Waals surface area contributed by atoms with Crippen molar-refractivity contribution in [2.75, 3.05) is 0 Å². The summed E-state index contributed by atoms with van der Waals surface area (Å²) in [5.74, 6) is 0.125. The molecule has 0 N–H and O–H groups in total. The molecule has 0 saturated carbocycles. The molecule has 0 unspecified atom stereocenters. The van der Waals surface area contributed by atoms with Gasteiger partial charge in [0.15, 0.2) is 0 Å². The molecule has 156 valence electrons. The largest absolute Gasteiger partial charge is 0.455 e. The summed E-state index contributed by atoms with van der Waals surface area (Å²) in [5.41, 5.74) is 7.25. The molecular formula is C28H23N3O. The fourth-order valence-corrected chi connectivity index (χ4v) is 4.44. The molecule has 0 saturated heterocycles. The van der Waals surface area contributed by atoms with Crippen LogP contribution in [-0.4, -0.2) is 14.5 Å². The van der Waals surface area contributed by atoms with E-state index in [4.69, 9.17) is 10.8 Å². The van der Waals surface area contributed by atoms with Gasteiger partial charge in [0.25, 0.3) is 0 Å². The molecule has 6 rings (SSSR count). The number of rotatable bonds is 3. The number of fused-ring (bicyclic) bond motifs is 4. The Labute approximate surface area is 187 Å². The number of pyridine rings is 1. The third-order valence-corrected chi connectivity index (χ3v) is 6.09. The fraction of sp³-hybridized carbons (Fsp3) is 0.143. The first-order chi connectivity index (χ1) is 15.9. The van der Waals surface area contributed by atoms with Crippen molar-refractivity contribution in [1.82, 2.24) is 14.5 Å². The van der Waals surface area contributed by atoms with E-state index in [1.54, 1.807) is 0 Å². The van der Waals surface area contributed by atoms with Crippen molar-refractivity contribution in [1.29, 1.82) is 0 Å². The highest BCUT2D eigenvalue weighted by Gasteiger charge is 2.20. The summed E-state index contributed by atoms with van der Waals surface area (Å²) in [6, 6.07) is 24.5. The summed E-state index contributed by atoms with van der Waals surface area (Å²) in [4.78, 5) is 9.51. The summed E-state index contributed by atoms with van der Waals surface area (Å²) in [6.07, 6.45) is 1.83. The van der Waals surface area contributed by atoms with Crippen molar-refractivity contribution < 1.29 is 5.79 Å². The lowest BCUT2D eigenvalue weighted by atomic mass is 10.0. The Hall–Kier alpha value is -3.92. The minimum Gasteiger partial charge on any atom is -0.455 e. The van der Waals surface area contributed by atoms with Crippen LogP contribution in [0.15, 0.2) is 83.4 Å². The van der Waals surface area contributed by atoms with Crippen molar-refractivity contribution in [2.24, 2.45) is 0 Å². The molecule has 0 radical (unpaired) electrons. The van der Waals surface area contributed by atoms with Gasteiger partial charge < -0.3 is 4.42 Å². The van der Waals surface area contributed by atoms with Crippen molar-refractivity contribution in [3.05, 3.63) is 90.3 Å². The zero-order chi connectivity index (χ0) is 22.7. The molecule has 0 amide bonds. The molecule has 0 spiro atoms. The number of imidazole rings is 1. The average molecular weight is 419 g/mol. The van der Waals surface area contributed by atoms with E-state index in [1.165, 1.54) is 0 Å². The maximum Gasteiger partial charge on any atom is 0.149 e. The standard InChI is InChI=1S/C28H23N3O/c1-17(2)19-12-13-21-22-10-7-11-23(27(22)32-25(21)16-19)28-30-26-18(3)29-15-14-24(26)31(28)20-8-5-4-6-9-20/h4-17H,1-3H3/i17D. The molecule has 32 heavy (non-hydrogen) atoms. The van der Waals surface area contributed by atoms with E-state index in [9.17, 15) is 0 Å². The highest BCUT2D eigenvalue weighted by molar-refractivity contribution is 6.09. The first-order valence-electron chi connectivity index (χ1n) is 11.3. The number of aromatic nitrogens is 3. The van der Waals surface area contributed by atoms with Crippen LogP contribution in [0.25, 0.3) is 50.0 Å². The van der Waals surface area contributed by atoms with Crippen LogP contribution in [0.5, 0.6) is 0 Å². The second-order valence-corrected chi connectivity index (χ2v) is 8.37.